The summed E-state index contributed by atoms with van der Waals surface area (Å²) in [6.07, 6.45) is 5.84. The average Bonchev–Trinajstić information content (AvgIpc) is 2.16. The number of hydrogen-bond donors (Lipinski definition) is 1. The Morgan fingerprint density at radius 1 is 1.43 bits per heavy atom. The molecule has 0 bridgehead atoms. The second kappa shape index (κ2) is 5.26. The Bertz CT molecular complexity index is 335. The summed E-state index contributed by atoms with van der Waals surface area (Å²) in [4.78, 5) is 0. The summed E-state index contributed by atoms with van der Waals surface area (Å²) in [5.74, 6) is 2.59. The third-order valence-corrected chi connectivity index (χ3v) is 2.68. The normalized spacial score (nSPS) is 12.1. The van der Waals surface area contributed by atoms with Gasteiger partial charge in [-0.25, -0.2) is 0 Å². The zero-order valence-electron chi connectivity index (χ0n) is 7.85. The van der Waals surface area contributed by atoms with Crippen molar-refractivity contribution in [2.75, 3.05) is 7.05 Å². The Balaban J connectivity index is 3.09. The monoisotopic (exact) mass is 227 g/mol. The van der Waals surface area contributed by atoms with Crippen molar-refractivity contribution in [1.29, 1.82) is 0 Å². The van der Waals surface area contributed by atoms with Crippen LogP contribution >= 0.6 is 23.2 Å². The lowest BCUT2D eigenvalue weighted by molar-refractivity contribution is 0.612. The fourth-order valence-electron chi connectivity index (χ4n) is 1.31. The molecule has 1 nitrogen and oxygen atoms in total. The first-order valence-electron chi connectivity index (χ1n) is 4.25. The number of halogens is 2. The van der Waals surface area contributed by atoms with E-state index >= 15 is 0 Å². The van der Waals surface area contributed by atoms with Gasteiger partial charge in [0, 0.05) is 28.1 Å². The summed E-state index contributed by atoms with van der Waals surface area (Å²) in [6.45, 7) is 0. The van der Waals surface area contributed by atoms with Crippen molar-refractivity contribution >= 4 is 23.2 Å². The summed E-state index contributed by atoms with van der Waals surface area (Å²) in [7, 11) is 1.83. The molecule has 0 saturated carbocycles. The van der Waals surface area contributed by atoms with E-state index < -0.39 is 0 Å². The fraction of sp³-hybridized carbons (Fsp3) is 0.273. The number of terminal acetylenes is 1. The second-order valence-electron chi connectivity index (χ2n) is 2.88. The molecule has 0 aliphatic carbocycles. The van der Waals surface area contributed by atoms with Gasteiger partial charge in [0.1, 0.15) is 0 Å². The predicted octanol–water partition coefficient (Wildman–Crippen LogP) is 3.28. The fourth-order valence-corrected chi connectivity index (χ4v) is 1.97. The minimum Gasteiger partial charge on any atom is -0.312 e. The van der Waals surface area contributed by atoms with Gasteiger partial charge in [-0.05, 0) is 19.2 Å². The molecule has 1 aromatic carbocycles. The molecule has 0 heterocycles. The van der Waals surface area contributed by atoms with E-state index in [1.54, 1.807) is 0 Å². The van der Waals surface area contributed by atoms with Crippen molar-refractivity contribution in [3.8, 4) is 12.3 Å². The molecule has 0 aliphatic rings. The number of rotatable bonds is 3. The van der Waals surface area contributed by atoms with E-state index in [0.29, 0.717) is 16.5 Å². The maximum absolute atomic E-state index is 6.05. The molecule has 0 amide bonds. The van der Waals surface area contributed by atoms with Crippen molar-refractivity contribution in [3.05, 3.63) is 33.8 Å². The van der Waals surface area contributed by atoms with Gasteiger partial charge in [0.05, 0.1) is 0 Å². The minimum atomic E-state index is 0.0150. The highest BCUT2D eigenvalue weighted by Crippen LogP contribution is 2.31. The Morgan fingerprint density at radius 2 is 2.00 bits per heavy atom. The smallest absolute Gasteiger partial charge is 0.0469 e. The van der Waals surface area contributed by atoms with E-state index in [1.165, 1.54) is 0 Å². The lowest BCUT2D eigenvalue weighted by Crippen LogP contribution is -2.16. The van der Waals surface area contributed by atoms with E-state index in [9.17, 15) is 0 Å². The van der Waals surface area contributed by atoms with Crippen molar-refractivity contribution in [2.24, 2.45) is 0 Å². The van der Waals surface area contributed by atoms with Gasteiger partial charge in [0.2, 0.25) is 0 Å². The van der Waals surface area contributed by atoms with Crippen LogP contribution in [0.4, 0.5) is 0 Å². The minimum absolute atomic E-state index is 0.0150. The predicted molar refractivity (Wildman–Crippen MR) is 61.7 cm³/mol. The standard InChI is InChI=1S/C11H11Cl2N/c1-3-5-10(14-2)11-8(12)6-4-7-9(11)13/h1,4,6-7,10,14H,5H2,2H3. The van der Waals surface area contributed by atoms with Crippen LogP contribution in [0.2, 0.25) is 10.0 Å². The SMILES string of the molecule is C#CCC(NC)c1c(Cl)cccc1Cl. The molecule has 0 spiro atoms. The molecular formula is C11H11Cl2N. The molecule has 3 heteroatoms. The lowest BCUT2D eigenvalue weighted by atomic mass is 10.0. The van der Waals surface area contributed by atoms with Gasteiger partial charge in [0.25, 0.3) is 0 Å². The van der Waals surface area contributed by atoms with Gasteiger partial charge >= 0.3 is 0 Å². The molecule has 0 aromatic heterocycles. The second-order valence-corrected chi connectivity index (χ2v) is 3.70. The zero-order valence-corrected chi connectivity index (χ0v) is 9.36. The molecule has 0 fully saturated rings. The van der Waals surface area contributed by atoms with Crippen molar-refractivity contribution in [3.63, 3.8) is 0 Å². The van der Waals surface area contributed by atoms with Crippen LogP contribution in [0.15, 0.2) is 18.2 Å². The van der Waals surface area contributed by atoms with Gasteiger partial charge in [-0.3, -0.25) is 0 Å². The first-order chi connectivity index (χ1) is 6.70. The van der Waals surface area contributed by atoms with Crippen LogP contribution < -0.4 is 5.32 Å². The van der Waals surface area contributed by atoms with Crippen LogP contribution in [0.25, 0.3) is 0 Å². The molecule has 1 unspecified atom stereocenters. The molecule has 1 rings (SSSR count). The Labute approximate surface area is 94.4 Å². The van der Waals surface area contributed by atoms with Crippen molar-refractivity contribution in [1.82, 2.24) is 5.32 Å². The third-order valence-electron chi connectivity index (χ3n) is 2.02. The van der Waals surface area contributed by atoms with Crippen LogP contribution in [0.3, 0.4) is 0 Å². The number of benzene rings is 1. The lowest BCUT2D eigenvalue weighted by Gasteiger charge is -2.16. The molecular weight excluding hydrogens is 217 g/mol. The largest absolute Gasteiger partial charge is 0.312 e. The van der Waals surface area contributed by atoms with Gasteiger partial charge in [-0.1, -0.05) is 29.3 Å². The van der Waals surface area contributed by atoms with Gasteiger partial charge in [0.15, 0.2) is 0 Å². The quantitative estimate of drug-likeness (QED) is 0.783. The average molecular weight is 228 g/mol. The van der Waals surface area contributed by atoms with Crippen LogP contribution in [0, 0.1) is 12.3 Å². The molecule has 0 radical (unpaired) electrons. The molecule has 1 atom stereocenters. The van der Waals surface area contributed by atoms with Gasteiger partial charge in [-0.15, -0.1) is 12.3 Å². The molecule has 0 saturated heterocycles. The number of hydrogen-bond acceptors (Lipinski definition) is 1. The van der Waals surface area contributed by atoms with E-state index in [2.05, 4.69) is 11.2 Å². The summed E-state index contributed by atoms with van der Waals surface area (Å²) < 4.78 is 0. The Morgan fingerprint density at radius 3 is 2.43 bits per heavy atom. The third kappa shape index (κ3) is 2.42. The number of nitrogens with one attached hydrogen (secondary N) is 1. The van der Waals surface area contributed by atoms with E-state index in [-0.39, 0.29) is 6.04 Å². The van der Waals surface area contributed by atoms with Crippen molar-refractivity contribution < 1.29 is 0 Å². The van der Waals surface area contributed by atoms with Gasteiger partial charge in [-0.2, -0.15) is 0 Å². The Hall–Kier alpha value is -0.680. The highest BCUT2D eigenvalue weighted by molar-refractivity contribution is 6.36. The molecule has 0 aliphatic heterocycles. The highest BCUT2D eigenvalue weighted by Gasteiger charge is 2.14. The van der Waals surface area contributed by atoms with Crippen LogP contribution in [0.1, 0.15) is 18.0 Å². The molecule has 14 heavy (non-hydrogen) atoms. The topological polar surface area (TPSA) is 12.0 Å². The molecule has 1 aromatic rings. The maximum atomic E-state index is 6.05. The first kappa shape index (κ1) is 11.4. The van der Waals surface area contributed by atoms with E-state index in [4.69, 9.17) is 29.6 Å². The Kier molecular flexibility index (Phi) is 4.28. The zero-order chi connectivity index (χ0) is 10.6. The van der Waals surface area contributed by atoms with Crippen molar-refractivity contribution in [2.45, 2.75) is 12.5 Å². The summed E-state index contributed by atoms with van der Waals surface area (Å²) in [5.41, 5.74) is 0.872. The highest BCUT2D eigenvalue weighted by atomic mass is 35.5. The van der Waals surface area contributed by atoms with Crippen LogP contribution in [0.5, 0.6) is 0 Å². The van der Waals surface area contributed by atoms with Crippen LogP contribution in [-0.2, 0) is 0 Å². The van der Waals surface area contributed by atoms with E-state index in [1.807, 2.05) is 25.2 Å². The molecule has 74 valence electrons. The summed E-state index contributed by atoms with van der Waals surface area (Å²) in [6, 6.07) is 5.45. The first-order valence-corrected chi connectivity index (χ1v) is 5.01. The van der Waals surface area contributed by atoms with E-state index in [0.717, 1.165) is 5.56 Å². The molecule has 1 N–H and O–H groups in total. The van der Waals surface area contributed by atoms with Gasteiger partial charge < -0.3 is 5.32 Å². The summed E-state index contributed by atoms with van der Waals surface area (Å²) in [5, 5.41) is 4.38. The maximum Gasteiger partial charge on any atom is 0.0469 e. The van der Waals surface area contributed by atoms with Crippen LogP contribution in [-0.4, -0.2) is 7.05 Å². The summed E-state index contributed by atoms with van der Waals surface area (Å²) >= 11 is 12.1.